The molecule has 1 fully saturated rings. The van der Waals surface area contributed by atoms with Crippen LogP contribution in [-0.4, -0.2) is 44.8 Å². The number of aryl methyl sites for hydroxylation is 1. The Hall–Kier alpha value is -3.55. The van der Waals surface area contributed by atoms with Gasteiger partial charge in [-0.05, 0) is 55.7 Å². The molecule has 0 atom stereocenters. The highest BCUT2D eigenvalue weighted by Crippen LogP contribution is 2.45. The molecule has 7 nitrogen and oxygen atoms in total. The zero-order chi connectivity index (χ0) is 22.6. The molecule has 5 heterocycles. The molecule has 8 heteroatoms. The first-order chi connectivity index (χ1) is 16.1. The van der Waals surface area contributed by atoms with E-state index >= 15 is 0 Å². The monoisotopic (exact) mass is 444 g/mol. The van der Waals surface area contributed by atoms with Gasteiger partial charge in [0, 0.05) is 36.6 Å². The third-order valence-electron chi connectivity index (χ3n) is 7.21. The van der Waals surface area contributed by atoms with Gasteiger partial charge in [-0.1, -0.05) is 6.07 Å². The maximum absolute atomic E-state index is 14.7. The highest BCUT2D eigenvalue weighted by Gasteiger charge is 2.41. The Balaban J connectivity index is 1.33. The van der Waals surface area contributed by atoms with Crippen LogP contribution in [0.4, 0.5) is 10.2 Å². The third kappa shape index (κ3) is 3.23. The molecule has 33 heavy (non-hydrogen) atoms. The Labute approximate surface area is 191 Å². The molecular weight excluding hydrogens is 419 g/mol. The van der Waals surface area contributed by atoms with Crippen LogP contribution in [-0.2, 0) is 12.8 Å². The molecular formula is C25H25FN6O. The normalized spacial score (nSPS) is 17.0. The second-order valence-electron chi connectivity index (χ2n) is 9.15. The van der Waals surface area contributed by atoms with Gasteiger partial charge in [0.2, 0.25) is 5.88 Å². The summed E-state index contributed by atoms with van der Waals surface area (Å²) < 4.78 is 21.7. The first-order valence-electron chi connectivity index (χ1n) is 11.3. The average molecular weight is 445 g/mol. The number of methoxy groups -OCH3 is 1. The van der Waals surface area contributed by atoms with Crippen molar-refractivity contribution < 1.29 is 9.13 Å². The van der Waals surface area contributed by atoms with Crippen molar-refractivity contribution in [2.75, 3.05) is 25.1 Å². The number of pyridine rings is 2. The minimum atomic E-state index is -0.431. The molecule has 2 aliphatic rings. The summed E-state index contributed by atoms with van der Waals surface area (Å²) in [4.78, 5) is 15.9. The van der Waals surface area contributed by atoms with Gasteiger partial charge in [-0.3, -0.25) is 4.98 Å². The van der Waals surface area contributed by atoms with Gasteiger partial charge in [-0.2, -0.15) is 5.10 Å². The fraction of sp³-hybridized carbons (Fsp3) is 0.360. The van der Waals surface area contributed by atoms with Crippen molar-refractivity contribution in [2.24, 2.45) is 5.41 Å². The molecule has 1 aliphatic heterocycles. The summed E-state index contributed by atoms with van der Waals surface area (Å²) in [6.07, 6.45) is 9.19. The summed E-state index contributed by atoms with van der Waals surface area (Å²) in [7, 11) is 1.52. The van der Waals surface area contributed by atoms with Crippen molar-refractivity contribution in [1.82, 2.24) is 24.6 Å². The molecule has 1 saturated heterocycles. The van der Waals surface area contributed by atoms with Gasteiger partial charge in [0.1, 0.15) is 5.52 Å². The first kappa shape index (κ1) is 20.1. The van der Waals surface area contributed by atoms with Gasteiger partial charge in [0.15, 0.2) is 11.6 Å². The lowest BCUT2D eigenvalue weighted by Crippen LogP contribution is -2.41. The van der Waals surface area contributed by atoms with E-state index in [1.165, 1.54) is 24.6 Å². The smallest absolute Gasteiger partial charge is 0.213 e. The van der Waals surface area contributed by atoms with E-state index in [1.807, 2.05) is 25.3 Å². The molecule has 0 radical (unpaired) electrons. The SMILES string of the molecule is COc1cc(-c2c(C)nc(N3CCC4(CC3)Cc3cccnc3C4)c3ccnn23)c(F)cn1. The molecule has 6 rings (SSSR count). The topological polar surface area (TPSA) is 68.4 Å². The molecule has 0 unspecified atom stereocenters. The van der Waals surface area contributed by atoms with E-state index in [0.717, 1.165) is 50.1 Å². The molecule has 4 aromatic rings. The fourth-order valence-electron chi connectivity index (χ4n) is 5.49. The van der Waals surface area contributed by atoms with Crippen molar-refractivity contribution in [2.45, 2.75) is 32.6 Å². The highest BCUT2D eigenvalue weighted by molar-refractivity contribution is 5.76. The van der Waals surface area contributed by atoms with Gasteiger partial charge in [-0.15, -0.1) is 0 Å². The summed E-state index contributed by atoms with van der Waals surface area (Å²) in [6.45, 7) is 3.76. The van der Waals surface area contributed by atoms with E-state index < -0.39 is 5.82 Å². The van der Waals surface area contributed by atoms with E-state index in [-0.39, 0.29) is 0 Å². The van der Waals surface area contributed by atoms with Crippen molar-refractivity contribution in [3.8, 4) is 17.1 Å². The Morgan fingerprint density at radius 2 is 1.94 bits per heavy atom. The van der Waals surface area contributed by atoms with Crippen LogP contribution in [0.5, 0.6) is 5.88 Å². The van der Waals surface area contributed by atoms with Gasteiger partial charge in [-0.25, -0.2) is 18.9 Å². The number of halogens is 1. The number of hydrogen-bond donors (Lipinski definition) is 0. The number of rotatable bonds is 3. The average Bonchev–Trinajstić information content (AvgIpc) is 3.44. The van der Waals surface area contributed by atoms with Gasteiger partial charge >= 0.3 is 0 Å². The standard InChI is InChI=1S/C25H25FN6O/c1-16-23(18-12-22(33-2)28-15-19(18)26)32-21(5-9-29-32)24(30-16)31-10-6-25(7-11-31)13-17-4-3-8-27-20(17)14-25/h3-5,8-9,12,15H,6-7,10-11,13-14H2,1-2H3. The minimum Gasteiger partial charge on any atom is -0.481 e. The molecule has 4 aromatic heterocycles. The van der Waals surface area contributed by atoms with Crippen LogP contribution in [0, 0.1) is 18.2 Å². The van der Waals surface area contributed by atoms with Crippen molar-refractivity contribution in [3.63, 3.8) is 0 Å². The summed E-state index contributed by atoms with van der Waals surface area (Å²) in [5.41, 5.74) is 5.54. The van der Waals surface area contributed by atoms with Gasteiger partial charge in [0.05, 0.1) is 30.9 Å². The number of aromatic nitrogens is 5. The summed E-state index contributed by atoms with van der Waals surface area (Å²) in [5.74, 6) is 0.821. The van der Waals surface area contributed by atoms with Crippen LogP contribution in [0.25, 0.3) is 16.8 Å². The summed E-state index contributed by atoms with van der Waals surface area (Å²) >= 11 is 0. The highest BCUT2D eigenvalue weighted by atomic mass is 19.1. The molecule has 0 aromatic carbocycles. The quantitative estimate of drug-likeness (QED) is 0.475. The second-order valence-corrected chi connectivity index (χ2v) is 9.15. The Morgan fingerprint density at radius 3 is 2.73 bits per heavy atom. The van der Waals surface area contributed by atoms with Crippen molar-refractivity contribution in [3.05, 3.63) is 65.6 Å². The first-order valence-corrected chi connectivity index (χ1v) is 11.3. The Kier molecular flexibility index (Phi) is 4.57. The number of ether oxygens (including phenoxy) is 1. The molecule has 0 amide bonds. The van der Waals surface area contributed by atoms with E-state index in [1.54, 1.807) is 16.8 Å². The zero-order valence-electron chi connectivity index (χ0n) is 18.8. The molecule has 1 spiro atoms. The molecule has 1 aliphatic carbocycles. The lowest BCUT2D eigenvalue weighted by atomic mass is 9.76. The molecule has 0 saturated carbocycles. The van der Waals surface area contributed by atoms with Gasteiger partial charge < -0.3 is 9.64 Å². The predicted octanol–water partition coefficient (Wildman–Crippen LogP) is 4.03. The number of hydrogen-bond acceptors (Lipinski definition) is 6. The van der Waals surface area contributed by atoms with Crippen LogP contribution in [0.3, 0.4) is 0 Å². The van der Waals surface area contributed by atoms with Crippen LogP contribution in [0.2, 0.25) is 0 Å². The number of fused-ring (bicyclic) bond motifs is 2. The van der Waals surface area contributed by atoms with Crippen LogP contribution in [0.1, 0.15) is 29.8 Å². The second kappa shape index (κ2) is 7.50. The lowest BCUT2D eigenvalue weighted by molar-refractivity contribution is 0.231. The molecule has 0 N–H and O–H groups in total. The zero-order valence-corrected chi connectivity index (χ0v) is 18.8. The fourth-order valence-corrected chi connectivity index (χ4v) is 5.49. The summed E-state index contributed by atoms with van der Waals surface area (Å²) in [5, 5.41) is 4.52. The molecule has 0 bridgehead atoms. The lowest BCUT2D eigenvalue weighted by Gasteiger charge is -2.40. The van der Waals surface area contributed by atoms with Gasteiger partial charge in [0.25, 0.3) is 0 Å². The minimum absolute atomic E-state index is 0.301. The van der Waals surface area contributed by atoms with Crippen LogP contribution < -0.4 is 9.64 Å². The molecule has 168 valence electrons. The Bertz CT molecular complexity index is 1330. The van der Waals surface area contributed by atoms with E-state index in [0.29, 0.717) is 28.2 Å². The number of anilines is 1. The maximum atomic E-state index is 14.7. The largest absolute Gasteiger partial charge is 0.481 e. The maximum Gasteiger partial charge on any atom is 0.213 e. The van der Waals surface area contributed by atoms with E-state index in [2.05, 4.69) is 26.0 Å². The van der Waals surface area contributed by atoms with Crippen molar-refractivity contribution >= 4 is 11.3 Å². The predicted molar refractivity (Wildman–Crippen MR) is 123 cm³/mol. The number of piperidine rings is 1. The Morgan fingerprint density at radius 1 is 1.09 bits per heavy atom. The van der Waals surface area contributed by atoms with Crippen molar-refractivity contribution in [1.29, 1.82) is 0 Å². The number of nitrogens with zero attached hydrogens (tertiary/aromatic N) is 6. The van der Waals surface area contributed by atoms with Crippen LogP contribution in [0.15, 0.2) is 42.9 Å². The van der Waals surface area contributed by atoms with E-state index in [9.17, 15) is 4.39 Å². The summed E-state index contributed by atoms with van der Waals surface area (Å²) in [6, 6.07) is 7.80. The van der Waals surface area contributed by atoms with E-state index in [4.69, 9.17) is 9.72 Å². The third-order valence-corrected chi connectivity index (χ3v) is 7.21. The van der Waals surface area contributed by atoms with Crippen LogP contribution >= 0.6 is 0 Å².